The highest BCUT2D eigenvalue weighted by molar-refractivity contribution is 5.94. The molecule has 0 saturated heterocycles. The Hall–Kier alpha value is -2.78. The average molecular weight is 282 g/mol. The van der Waals surface area contributed by atoms with Crippen molar-refractivity contribution in [3.63, 3.8) is 0 Å². The van der Waals surface area contributed by atoms with Crippen LogP contribution in [0.25, 0.3) is 0 Å². The van der Waals surface area contributed by atoms with E-state index in [9.17, 15) is 4.79 Å². The van der Waals surface area contributed by atoms with Gasteiger partial charge in [-0.3, -0.25) is 14.8 Å². The van der Waals surface area contributed by atoms with Gasteiger partial charge in [0.05, 0.1) is 29.7 Å². The number of aliphatic hydroxyl groups is 1. The Morgan fingerprint density at radius 1 is 1.33 bits per heavy atom. The number of hydrogen-bond acceptors (Lipinski definition) is 5. The molecule has 2 aromatic rings. The van der Waals surface area contributed by atoms with Crippen molar-refractivity contribution in [3.05, 3.63) is 53.4 Å². The van der Waals surface area contributed by atoms with E-state index in [1.807, 2.05) is 6.92 Å². The van der Waals surface area contributed by atoms with E-state index in [0.717, 1.165) is 5.69 Å². The highest BCUT2D eigenvalue weighted by Crippen LogP contribution is 2.04. The van der Waals surface area contributed by atoms with Crippen LogP contribution < -0.4 is 5.32 Å². The van der Waals surface area contributed by atoms with E-state index in [4.69, 9.17) is 5.11 Å². The molecule has 0 saturated carbocycles. The van der Waals surface area contributed by atoms with Crippen molar-refractivity contribution < 1.29 is 9.90 Å². The van der Waals surface area contributed by atoms with Crippen LogP contribution in [0.1, 0.15) is 27.4 Å². The van der Waals surface area contributed by atoms with Crippen LogP contribution in [0.2, 0.25) is 0 Å². The van der Waals surface area contributed by atoms with E-state index in [2.05, 4.69) is 32.1 Å². The van der Waals surface area contributed by atoms with Crippen LogP contribution in [-0.2, 0) is 6.54 Å². The van der Waals surface area contributed by atoms with Crippen LogP contribution in [0.15, 0.2) is 30.7 Å². The van der Waals surface area contributed by atoms with Crippen LogP contribution in [0.4, 0.5) is 0 Å². The quantitative estimate of drug-likeness (QED) is 0.798. The van der Waals surface area contributed by atoms with E-state index in [0.29, 0.717) is 11.3 Å². The second-order valence-corrected chi connectivity index (χ2v) is 4.19. The maximum Gasteiger partial charge on any atom is 0.271 e. The Kier molecular flexibility index (Phi) is 4.96. The minimum atomic E-state index is -0.347. The standard InChI is InChI=1S/C15H14N4O2/c1-11-8-18-13(9-17-11)10-19-15(21)14-12(5-3-7-20)4-2-6-16-14/h2,4,6,8-9,20H,7,10H2,1H3,(H,19,21). The molecule has 6 nitrogen and oxygen atoms in total. The van der Waals surface area contributed by atoms with Gasteiger partial charge in [-0.2, -0.15) is 0 Å². The summed E-state index contributed by atoms with van der Waals surface area (Å²) in [5, 5.41) is 11.4. The summed E-state index contributed by atoms with van der Waals surface area (Å²) in [6.07, 6.45) is 4.77. The van der Waals surface area contributed by atoms with Crippen LogP contribution in [0, 0.1) is 18.8 Å². The molecule has 0 aliphatic rings. The molecule has 0 spiro atoms. The maximum absolute atomic E-state index is 12.1. The average Bonchev–Trinajstić information content (AvgIpc) is 2.52. The lowest BCUT2D eigenvalue weighted by Gasteiger charge is -2.05. The van der Waals surface area contributed by atoms with Crippen LogP contribution in [0.5, 0.6) is 0 Å². The van der Waals surface area contributed by atoms with Gasteiger partial charge in [-0.25, -0.2) is 4.98 Å². The van der Waals surface area contributed by atoms with Crippen LogP contribution in [-0.4, -0.2) is 32.6 Å². The summed E-state index contributed by atoms with van der Waals surface area (Å²) in [7, 11) is 0. The van der Waals surface area contributed by atoms with Gasteiger partial charge in [0.1, 0.15) is 12.3 Å². The maximum atomic E-state index is 12.1. The first-order valence-electron chi connectivity index (χ1n) is 6.31. The van der Waals surface area contributed by atoms with Crippen molar-refractivity contribution in [2.45, 2.75) is 13.5 Å². The second-order valence-electron chi connectivity index (χ2n) is 4.19. The van der Waals surface area contributed by atoms with Gasteiger partial charge >= 0.3 is 0 Å². The van der Waals surface area contributed by atoms with Gasteiger partial charge in [0.15, 0.2) is 0 Å². The molecule has 0 atom stereocenters. The fourth-order valence-electron chi connectivity index (χ4n) is 1.59. The summed E-state index contributed by atoms with van der Waals surface area (Å²) in [5.41, 5.74) is 2.17. The predicted molar refractivity (Wildman–Crippen MR) is 76.1 cm³/mol. The molecular weight excluding hydrogens is 268 g/mol. The SMILES string of the molecule is Cc1cnc(CNC(=O)c2ncccc2C#CCO)cn1. The third-order valence-corrected chi connectivity index (χ3v) is 2.59. The van der Waals surface area contributed by atoms with Crippen molar-refractivity contribution >= 4 is 5.91 Å². The highest BCUT2D eigenvalue weighted by atomic mass is 16.2. The van der Waals surface area contributed by atoms with Crippen molar-refractivity contribution in [2.24, 2.45) is 0 Å². The van der Waals surface area contributed by atoms with Gasteiger partial charge in [-0.05, 0) is 19.1 Å². The number of nitrogens with one attached hydrogen (secondary N) is 1. The molecule has 1 amide bonds. The number of carbonyl (C=O) groups excluding carboxylic acids is 1. The minimum Gasteiger partial charge on any atom is -0.384 e. The molecule has 0 aliphatic heterocycles. The fraction of sp³-hybridized carbons (Fsp3) is 0.200. The Labute approximate surface area is 122 Å². The summed E-state index contributed by atoms with van der Waals surface area (Å²) in [6, 6.07) is 3.36. The zero-order valence-corrected chi connectivity index (χ0v) is 11.5. The number of pyridine rings is 1. The number of nitrogens with zero attached hydrogens (tertiary/aromatic N) is 3. The lowest BCUT2D eigenvalue weighted by Crippen LogP contribution is -2.25. The highest BCUT2D eigenvalue weighted by Gasteiger charge is 2.11. The Balaban J connectivity index is 2.08. The molecule has 0 radical (unpaired) electrons. The molecule has 0 unspecified atom stereocenters. The molecule has 21 heavy (non-hydrogen) atoms. The number of rotatable bonds is 3. The van der Waals surface area contributed by atoms with Gasteiger partial charge in [-0.1, -0.05) is 11.8 Å². The van der Waals surface area contributed by atoms with Crippen molar-refractivity contribution in [3.8, 4) is 11.8 Å². The molecule has 106 valence electrons. The molecule has 2 aromatic heterocycles. The summed E-state index contributed by atoms with van der Waals surface area (Å²) in [5.74, 6) is 4.85. The topological polar surface area (TPSA) is 88.0 Å². The molecule has 0 fully saturated rings. The smallest absolute Gasteiger partial charge is 0.271 e. The molecule has 0 bridgehead atoms. The number of aliphatic hydroxyl groups excluding tert-OH is 1. The molecule has 2 N–H and O–H groups in total. The summed E-state index contributed by atoms with van der Waals surface area (Å²) >= 11 is 0. The first-order valence-corrected chi connectivity index (χ1v) is 6.31. The lowest BCUT2D eigenvalue weighted by molar-refractivity contribution is 0.0945. The van der Waals surface area contributed by atoms with Gasteiger partial charge in [-0.15, -0.1) is 0 Å². The summed E-state index contributed by atoms with van der Waals surface area (Å²) in [6.45, 7) is 1.83. The van der Waals surface area contributed by atoms with E-state index in [1.165, 1.54) is 6.20 Å². The Bertz CT molecular complexity index is 687. The number of carbonyl (C=O) groups is 1. The molecule has 6 heteroatoms. The number of amides is 1. The van der Waals surface area contributed by atoms with Gasteiger partial charge in [0.25, 0.3) is 5.91 Å². The molecule has 0 aliphatic carbocycles. The first-order chi connectivity index (χ1) is 10.2. The van der Waals surface area contributed by atoms with Gasteiger partial charge in [0.2, 0.25) is 0 Å². The van der Waals surface area contributed by atoms with Crippen molar-refractivity contribution in [1.82, 2.24) is 20.3 Å². The largest absolute Gasteiger partial charge is 0.384 e. The monoisotopic (exact) mass is 282 g/mol. The number of hydrogen-bond donors (Lipinski definition) is 2. The molecule has 0 aromatic carbocycles. The minimum absolute atomic E-state index is 0.221. The number of aromatic nitrogens is 3. The third kappa shape index (κ3) is 4.09. The first kappa shape index (κ1) is 14.6. The van der Waals surface area contributed by atoms with Gasteiger partial charge in [0, 0.05) is 12.4 Å². The summed E-state index contributed by atoms with van der Waals surface area (Å²) in [4.78, 5) is 24.4. The van der Waals surface area contributed by atoms with Crippen molar-refractivity contribution in [1.29, 1.82) is 0 Å². The van der Waals surface area contributed by atoms with E-state index < -0.39 is 0 Å². The normalized spacial score (nSPS) is 9.62. The van der Waals surface area contributed by atoms with E-state index in [-0.39, 0.29) is 24.8 Å². The Morgan fingerprint density at radius 2 is 2.19 bits per heavy atom. The molecular formula is C15H14N4O2. The second kappa shape index (κ2) is 7.12. The van der Waals surface area contributed by atoms with Gasteiger partial charge < -0.3 is 10.4 Å². The zero-order valence-electron chi connectivity index (χ0n) is 11.5. The fourth-order valence-corrected chi connectivity index (χ4v) is 1.59. The Morgan fingerprint density at radius 3 is 2.90 bits per heavy atom. The third-order valence-electron chi connectivity index (χ3n) is 2.59. The van der Waals surface area contributed by atoms with Crippen molar-refractivity contribution in [2.75, 3.05) is 6.61 Å². The lowest BCUT2D eigenvalue weighted by atomic mass is 10.2. The van der Waals surface area contributed by atoms with Crippen LogP contribution in [0.3, 0.4) is 0 Å². The van der Waals surface area contributed by atoms with Crippen LogP contribution >= 0.6 is 0 Å². The molecule has 2 heterocycles. The van der Waals surface area contributed by atoms with E-state index >= 15 is 0 Å². The predicted octanol–water partition coefficient (Wildman–Crippen LogP) is 0.454. The molecule has 2 rings (SSSR count). The number of aryl methyl sites for hydroxylation is 1. The zero-order chi connectivity index (χ0) is 15.1. The summed E-state index contributed by atoms with van der Waals surface area (Å²) < 4.78 is 0. The van der Waals surface area contributed by atoms with E-state index in [1.54, 1.807) is 24.5 Å².